The molecule has 4 aromatic rings. The van der Waals surface area contributed by atoms with Crippen molar-refractivity contribution in [1.82, 2.24) is 40.1 Å². The molecule has 0 N–H and O–H groups in total. The van der Waals surface area contributed by atoms with Crippen LogP contribution >= 0.6 is 0 Å². The Morgan fingerprint density at radius 2 is 1.73 bits per heavy atom. The number of hydrogen-bond donors (Lipinski definition) is 0. The van der Waals surface area contributed by atoms with Gasteiger partial charge in [0.25, 0.3) is 5.89 Å². The van der Waals surface area contributed by atoms with Gasteiger partial charge in [-0.2, -0.15) is 8.78 Å². The molecule has 1 atom stereocenters. The molecule has 170 valence electrons. The topological polar surface area (TPSA) is 98.7 Å². The van der Waals surface area contributed by atoms with Crippen molar-refractivity contribution in [2.75, 3.05) is 13.1 Å². The Balaban J connectivity index is 1.21. The molecule has 1 fully saturated rings. The van der Waals surface area contributed by atoms with Crippen LogP contribution in [-0.4, -0.2) is 59.3 Å². The van der Waals surface area contributed by atoms with Crippen LogP contribution in [-0.2, 0) is 13.1 Å². The number of nitrogens with zero attached hydrogens (tertiary/aromatic N) is 8. The maximum atomic E-state index is 13.3. The zero-order valence-electron chi connectivity index (χ0n) is 17.4. The summed E-state index contributed by atoms with van der Waals surface area (Å²) < 4.78 is 45.1. The molecule has 0 radical (unpaired) electrons. The molecule has 0 aromatic carbocycles. The molecule has 9 nitrogen and oxygen atoms in total. The Morgan fingerprint density at radius 3 is 2.36 bits per heavy atom. The van der Waals surface area contributed by atoms with Gasteiger partial charge in [0, 0.05) is 37.6 Å². The van der Waals surface area contributed by atoms with E-state index >= 15 is 0 Å². The maximum Gasteiger partial charge on any atom is 0.314 e. The minimum Gasteiger partial charge on any atom is -0.415 e. The predicted octanol–water partition coefficient (Wildman–Crippen LogP) is 3.31. The average Bonchev–Trinajstić information content (AvgIpc) is 3.57. The van der Waals surface area contributed by atoms with Crippen molar-refractivity contribution in [3.63, 3.8) is 0 Å². The summed E-state index contributed by atoms with van der Waals surface area (Å²) in [5.41, 5.74) is 3.51. The van der Waals surface area contributed by atoms with Crippen molar-refractivity contribution >= 4 is 0 Å². The Morgan fingerprint density at radius 1 is 0.970 bits per heavy atom. The summed E-state index contributed by atoms with van der Waals surface area (Å²) >= 11 is 0. The summed E-state index contributed by atoms with van der Waals surface area (Å²) in [6.07, 6.45) is 2.01. The number of aromatic nitrogens is 7. The van der Waals surface area contributed by atoms with E-state index < -0.39 is 18.5 Å². The molecule has 1 unspecified atom stereocenters. The van der Waals surface area contributed by atoms with Crippen molar-refractivity contribution in [1.29, 1.82) is 0 Å². The third kappa shape index (κ3) is 4.90. The first-order valence-electron chi connectivity index (χ1n) is 10.3. The van der Waals surface area contributed by atoms with Crippen LogP contribution in [0.4, 0.5) is 13.2 Å². The van der Waals surface area contributed by atoms with Gasteiger partial charge in [-0.3, -0.25) is 14.9 Å². The quantitative estimate of drug-likeness (QED) is 0.418. The third-order valence-electron chi connectivity index (χ3n) is 5.28. The molecule has 12 heteroatoms. The summed E-state index contributed by atoms with van der Waals surface area (Å²) in [6.45, 7) is 2.20. The normalized spacial score (nSPS) is 16.7. The molecule has 33 heavy (non-hydrogen) atoms. The van der Waals surface area contributed by atoms with Crippen molar-refractivity contribution in [2.24, 2.45) is 0 Å². The lowest BCUT2D eigenvalue weighted by Crippen LogP contribution is -2.20. The molecule has 0 aliphatic carbocycles. The van der Waals surface area contributed by atoms with E-state index in [2.05, 4.69) is 35.4 Å². The lowest BCUT2D eigenvalue weighted by atomic mass is 10.2. The van der Waals surface area contributed by atoms with E-state index in [1.54, 1.807) is 29.2 Å². The lowest BCUT2D eigenvalue weighted by Gasteiger charge is -2.13. The number of halogens is 3. The predicted molar refractivity (Wildman–Crippen MR) is 110 cm³/mol. The molecule has 0 amide bonds. The smallest absolute Gasteiger partial charge is 0.314 e. The minimum atomic E-state index is -2.82. The van der Waals surface area contributed by atoms with Gasteiger partial charge in [-0.05, 0) is 30.7 Å². The van der Waals surface area contributed by atoms with Crippen molar-refractivity contribution in [2.45, 2.75) is 32.1 Å². The van der Waals surface area contributed by atoms with Gasteiger partial charge in [-0.25, -0.2) is 9.07 Å². The first-order valence-corrected chi connectivity index (χ1v) is 10.3. The third-order valence-corrected chi connectivity index (χ3v) is 5.28. The van der Waals surface area contributed by atoms with Crippen molar-refractivity contribution in [3.05, 3.63) is 60.1 Å². The Hall–Kier alpha value is -3.67. The highest BCUT2D eigenvalue weighted by molar-refractivity contribution is 5.56. The summed E-state index contributed by atoms with van der Waals surface area (Å²) in [6, 6.07) is 7.22. The molecule has 0 spiro atoms. The fourth-order valence-electron chi connectivity index (χ4n) is 3.59. The highest BCUT2D eigenvalue weighted by atomic mass is 19.3. The largest absolute Gasteiger partial charge is 0.415 e. The van der Waals surface area contributed by atoms with Gasteiger partial charge >= 0.3 is 6.43 Å². The Labute approximate surface area is 186 Å². The van der Waals surface area contributed by atoms with Crippen LogP contribution in [0.25, 0.3) is 22.7 Å². The standard InChI is InChI=1S/C21H19F3N8O/c22-15-5-6-31(9-15)10-16-3-1-13(7-25-16)18-12-32(30-27-18)11-17-4-2-14(8-26-17)20-28-29-21(33-20)19(23)24/h1-4,7-8,12,15,19H,5-6,9-11H2. The fourth-order valence-corrected chi connectivity index (χ4v) is 3.59. The second-order valence-electron chi connectivity index (χ2n) is 7.75. The average molecular weight is 456 g/mol. The monoisotopic (exact) mass is 456 g/mol. The van der Waals surface area contributed by atoms with Crippen LogP contribution in [0.2, 0.25) is 0 Å². The number of alkyl halides is 3. The summed E-state index contributed by atoms with van der Waals surface area (Å²) in [5, 5.41) is 15.2. The van der Waals surface area contributed by atoms with Crippen LogP contribution < -0.4 is 0 Å². The summed E-state index contributed by atoms with van der Waals surface area (Å²) in [7, 11) is 0. The molecule has 5 rings (SSSR count). The Bertz CT molecular complexity index is 1210. The van der Waals surface area contributed by atoms with Crippen LogP contribution in [0.3, 0.4) is 0 Å². The second-order valence-corrected chi connectivity index (χ2v) is 7.75. The van der Waals surface area contributed by atoms with E-state index in [0.717, 1.165) is 17.8 Å². The van der Waals surface area contributed by atoms with Crippen molar-refractivity contribution < 1.29 is 17.6 Å². The van der Waals surface area contributed by atoms with Gasteiger partial charge in [0.1, 0.15) is 11.9 Å². The maximum absolute atomic E-state index is 13.3. The highest BCUT2D eigenvalue weighted by Gasteiger charge is 2.22. The molecule has 5 heterocycles. The zero-order valence-corrected chi connectivity index (χ0v) is 17.4. The van der Waals surface area contributed by atoms with Gasteiger partial charge in [-0.15, -0.1) is 15.3 Å². The first kappa shape index (κ1) is 21.2. The zero-order chi connectivity index (χ0) is 22.8. The van der Waals surface area contributed by atoms with E-state index in [-0.39, 0.29) is 5.89 Å². The van der Waals surface area contributed by atoms with E-state index in [1.165, 1.54) is 6.20 Å². The Kier molecular flexibility index (Phi) is 5.82. The second kappa shape index (κ2) is 9.06. The van der Waals surface area contributed by atoms with Crippen LogP contribution in [0.15, 0.2) is 47.3 Å². The summed E-state index contributed by atoms with van der Waals surface area (Å²) in [4.78, 5) is 10.8. The number of hydrogen-bond acceptors (Lipinski definition) is 8. The molecular weight excluding hydrogens is 437 g/mol. The summed E-state index contributed by atoms with van der Waals surface area (Å²) in [5.74, 6) is -0.742. The fraction of sp³-hybridized carbons (Fsp3) is 0.333. The van der Waals surface area contributed by atoms with Crippen molar-refractivity contribution in [3.8, 4) is 22.7 Å². The molecule has 0 saturated carbocycles. The SMILES string of the molecule is FC1CCN(Cc2ccc(-c3cn(Cc4ccc(-c5nnc(C(F)F)o5)cn4)nn3)cn2)C1. The molecule has 1 aliphatic rings. The molecular formula is C21H19F3N8O. The lowest BCUT2D eigenvalue weighted by molar-refractivity contribution is 0.116. The van der Waals surface area contributed by atoms with Crippen LogP contribution in [0, 0.1) is 0 Å². The molecule has 4 aromatic heterocycles. The first-order chi connectivity index (χ1) is 16.0. The van der Waals surface area contributed by atoms with E-state index in [4.69, 9.17) is 4.42 Å². The van der Waals surface area contributed by atoms with Crippen LogP contribution in [0.1, 0.15) is 30.1 Å². The van der Waals surface area contributed by atoms with E-state index in [9.17, 15) is 13.2 Å². The van der Waals surface area contributed by atoms with Gasteiger partial charge in [0.2, 0.25) is 5.89 Å². The van der Waals surface area contributed by atoms with Gasteiger partial charge in [0.05, 0.1) is 29.7 Å². The molecule has 1 aliphatic heterocycles. The molecule has 0 bridgehead atoms. The van der Waals surface area contributed by atoms with Gasteiger partial charge < -0.3 is 4.42 Å². The highest BCUT2D eigenvalue weighted by Crippen LogP contribution is 2.23. The van der Waals surface area contributed by atoms with E-state index in [0.29, 0.717) is 43.0 Å². The van der Waals surface area contributed by atoms with Gasteiger partial charge in [0.15, 0.2) is 0 Å². The van der Waals surface area contributed by atoms with Gasteiger partial charge in [-0.1, -0.05) is 5.21 Å². The number of likely N-dealkylation sites (tertiary alicyclic amines) is 1. The van der Waals surface area contributed by atoms with E-state index in [1.807, 2.05) is 12.1 Å². The minimum absolute atomic E-state index is 0.0161. The number of pyridine rings is 2. The number of rotatable bonds is 7. The molecule has 1 saturated heterocycles. The van der Waals surface area contributed by atoms with Crippen LogP contribution in [0.5, 0.6) is 0 Å².